The Bertz CT molecular complexity index is 1240. The number of fused-ring (bicyclic) bond motifs is 2. The van der Waals surface area contributed by atoms with Gasteiger partial charge in [-0.25, -0.2) is 4.98 Å². The number of ether oxygens (including phenoxy) is 1. The Kier molecular flexibility index (Phi) is 5.74. The monoisotopic (exact) mass is 467 g/mol. The first-order chi connectivity index (χ1) is 16.0. The lowest BCUT2D eigenvalue weighted by molar-refractivity contribution is -0.135. The molecule has 3 amide bonds. The van der Waals surface area contributed by atoms with E-state index >= 15 is 0 Å². The van der Waals surface area contributed by atoms with Crippen LogP contribution in [0.2, 0.25) is 5.15 Å². The quantitative estimate of drug-likeness (QED) is 0.568. The third-order valence-corrected chi connectivity index (χ3v) is 6.16. The van der Waals surface area contributed by atoms with Gasteiger partial charge in [-0.15, -0.1) is 0 Å². The van der Waals surface area contributed by atoms with Gasteiger partial charge in [0.2, 0.25) is 11.8 Å². The van der Waals surface area contributed by atoms with E-state index in [1.165, 1.54) is 4.90 Å². The first-order valence-corrected chi connectivity index (χ1v) is 11.1. The molecule has 0 saturated carbocycles. The molecule has 10 heteroatoms. The molecule has 5 rings (SSSR count). The summed E-state index contributed by atoms with van der Waals surface area (Å²) in [4.78, 5) is 49.4. The molecule has 4 heterocycles. The number of para-hydroxylation sites is 1. The molecule has 0 bridgehead atoms. The van der Waals surface area contributed by atoms with E-state index in [0.29, 0.717) is 54.8 Å². The first kappa shape index (κ1) is 21.4. The third kappa shape index (κ3) is 4.29. The van der Waals surface area contributed by atoms with Crippen LogP contribution in [0.15, 0.2) is 42.6 Å². The van der Waals surface area contributed by atoms with Gasteiger partial charge in [0.05, 0.1) is 24.9 Å². The summed E-state index contributed by atoms with van der Waals surface area (Å²) in [5.41, 5.74) is 2.56. The fourth-order valence-electron chi connectivity index (χ4n) is 4.25. The number of nitrogens with one attached hydrogen (secondary N) is 2. The smallest absolute Gasteiger partial charge is 0.268 e. The van der Waals surface area contributed by atoms with Crippen LogP contribution >= 0.6 is 11.6 Å². The highest BCUT2D eigenvalue weighted by Gasteiger charge is 2.36. The number of rotatable bonds is 4. The highest BCUT2D eigenvalue weighted by atomic mass is 35.5. The van der Waals surface area contributed by atoms with Crippen LogP contribution in [-0.2, 0) is 20.7 Å². The number of halogens is 1. The number of hydrogen-bond donors (Lipinski definition) is 2. The summed E-state index contributed by atoms with van der Waals surface area (Å²) in [5, 5.41) is 3.90. The maximum Gasteiger partial charge on any atom is 0.268 e. The minimum Gasteiger partial charge on any atom is -0.378 e. The average Bonchev–Trinajstić information content (AvgIpc) is 3.25. The standard InChI is InChI=1S/C23H22ClN5O4/c24-20-11-15-10-16(26-18(15)12-25-20)22(31)27-17-9-14-3-1-2-4-19(14)29(23(17)32)13-21(30)28-5-7-33-8-6-28/h1-4,10-12,17,26H,5-9,13H2,(H,27,31). The third-order valence-electron chi connectivity index (χ3n) is 5.95. The second-order valence-corrected chi connectivity index (χ2v) is 8.44. The van der Waals surface area contributed by atoms with E-state index in [1.54, 1.807) is 23.2 Å². The Balaban J connectivity index is 1.37. The second-order valence-electron chi connectivity index (χ2n) is 8.05. The van der Waals surface area contributed by atoms with Crippen molar-refractivity contribution in [2.24, 2.45) is 0 Å². The molecular weight excluding hydrogens is 446 g/mol. The number of hydrogen-bond acceptors (Lipinski definition) is 5. The van der Waals surface area contributed by atoms with Crippen LogP contribution in [0, 0.1) is 0 Å². The summed E-state index contributed by atoms with van der Waals surface area (Å²) in [6.45, 7) is 1.89. The number of morpholine rings is 1. The fourth-order valence-corrected chi connectivity index (χ4v) is 4.41. The molecule has 1 saturated heterocycles. The minimum atomic E-state index is -0.794. The number of aromatic nitrogens is 2. The van der Waals surface area contributed by atoms with Gasteiger partial charge in [-0.05, 0) is 23.8 Å². The van der Waals surface area contributed by atoms with Gasteiger partial charge in [0, 0.05) is 30.6 Å². The van der Waals surface area contributed by atoms with Crippen molar-refractivity contribution in [3.63, 3.8) is 0 Å². The van der Waals surface area contributed by atoms with Crippen LogP contribution in [0.5, 0.6) is 0 Å². The molecule has 170 valence electrons. The van der Waals surface area contributed by atoms with E-state index in [1.807, 2.05) is 24.3 Å². The van der Waals surface area contributed by atoms with Crippen LogP contribution in [0.1, 0.15) is 16.1 Å². The summed E-state index contributed by atoms with van der Waals surface area (Å²) in [6.07, 6.45) is 1.89. The molecule has 1 unspecified atom stereocenters. The Labute approximate surface area is 194 Å². The summed E-state index contributed by atoms with van der Waals surface area (Å²) < 4.78 is 5.31. The van der Waals surface area contributed by atoms with Crippen molar-refractivity contribution in [2.45, 2.75) is 12.5 Å². The highest BCUT2D eigenvalue weighted by Crippen LogP contribution is 2.28. The summed E-state index contributed by atoms with van der Waals surface area (Å²) in [6, 6.07) is 9.98. The number of pyridine rings is 1. The van der Waals surface area contributed by atoms with Gasteiger partial charge in [0.1, 0.15) is 23.4 Å². The Morgan fingerprint density at radius 1 is 1.21 bits per heavy atom. The maximum absolute atomic E-state index is 13.4. The van der Waals surface area contributed by atoms with Crippen molar-refractivity contribution in [2.75, 3.05) is 37.7 Å². The Morgan fingerprint density at radius 2 is 2.00 bits per heavy atom. The molecule has 0 aliphatic carbocycles. The van der Waals surface area contributed by atoms with Crippen LogP contribution in [0.3, 0.4) is 0 Å². The molecule has 2 aliphatic rings. The van der Waals surface area contributed by atoms with Gasteiger partial charge in [-0.1, -0.05) is 29.8 Å². The maximum atomic E-state index is 13.4. The Hall–Kier alpha value is -3.43. The second kappa shape index (κ2) is 8.84. The molecule has 2 N–H and O–H groups in total. The van der Waals surface area contributed by atoms with Gasteiger partial charge >= 0.3 is 0 Å². The molecule has 1 aromatic carbocycles. The first-order valence-electron chi connectivity index (χ1n) is 10.7. The summed E-state index contributed by atoms with van der Waals surface area (Å²) in [5.74, 6) is -0.877. The zero-order valence-corrected chi connectivity index (χ0v) is 18.5. The summed E-state index contributed by atoms with van der Waals surface area (Å²) in [7, 11) is 0. The van der Waals surface area contributed by atoms with E-state index in [-0.39, 0.29) is 18.4 Å². The van der Waals surface area contributed by atoms with Gasteiger partial charge in [-0.3, -0.25) is 14.4 Å². The van der Waals surface area contributed by atoms with Crippen molar-refractivity contribution < 1.29 is 19.1 Å². The molecule has 9 nitrogen and oxygen atoms in total. The topological polar surface area (TPSA) is 108 Å². The van der Waals surface area contributed by atoms with E-state index in [4.69, 9.17) is 16.3 Å². The molecule has 1 atom stereocenters. The van der Waals surface area contributed by atoms with E-state index in [0.717, 1.165) is 10.9 Å². The van der Waals surface area contributed by atoms with Crippen molar-refractivity contribution in [3.8, 4) is 0 Å². The predicted molar refractivity (Wildman–Crippen MR) is 122 cm³/mol. The zero-order chi connectivity index (χ0) is 22.9. The SMILES string of the molecule is O=C(NC1Cc2ccccc2N(CC(=O)N2CCOCC2)C1=O)c1cc2cc(Cl)ncc2[nH]1. The number of H-pyrrole nitrogens is 1. The number of nitrogens with zero attached hydrogens (tertiary/aromatic N) is 3. The van der Waals surface area contributed by atoms with E-state index in [2.05, 4.69) is 15.3 Å². The van der Waals surface area contributed by atoms with Crippen LogP contribution in [0.25, 0.3) is 10.9 Å². The number of carbonyl (C=O) groups is 3. The van der Waals surface area contributed by atoms with Crippen molar-refractivity contribution in [1.29, 1.82) is 0 Å². The van der Waals surface area contributed by atoms with Crippen LogP contribution < -0.4 is 10.2 Å². The van der Waals surface area contributed by atoms with Gasteiger partial charge < -0.3 is 24.8 Å². The lowest BCUT2D eigenvalue weighted by Gasteiger charge is -2.36. The Morgan fingerprint density at radius 3 is 2.82 bits per heavy atom. The lowest BCUT2D eigenvalue weighted by atomic mass is 9.96. The van der Waals surface area contributed by atoms with Crippen molar-refractivity contribution >= 4 is 45.9 Å². The number of carbonyl (C=O) groups excluding carboxylic acids is 3. The number of aromatic amines is 1. The summed E-state index contributed by atoms with van der Waals surface area (Å²) >= 11 is 5.93. The molecule has 2 aliphatic heterocycles. The van der Waals surface area contributed by atoms with Crippen LogP contribution in [0.4, 0.5) is 5.69 Å². The molecule has 2 aromatic heterocycles. The van der Waals surface area contributed by atoms with E-state index < -0.39 is 11.9 Å². The van der Waals surface area contributed by atoms with Gasteiger partial charge in [0.15, 0.2) is 0 Å². The average molecular weight is 468 g/mol. The molecule has 33 heavy (non-hydrogen) atoms. The molecular formula is C23H22ClN5O4. The lowest BCUT2D eigenvalue weighted by Crippen LogP contribution is -2.56. The normalized spacial score (nSPS) is 18.3. The predicted octanol–water partition coefficient (Wildman–Crippen LogP) is 1.76. The number of anilines is 1. The minimum absolute atomic E-state index is 0.0846. The molecule has 0 spiro atoms. The molecule has 1 fully saturated rings. The fraction of sp³-hybridized carbons (Fsp3) is 0.304. The van der Waals surface area contributed by atoms with Gasteiger partial charge in [0.25, 0.3) is 5.91 Å². The van der Waals surface area contributed by atoms with Crippen LogP contribution in [-0.4, -0.2) is 71.5 Å². The van der Waals surface area contributed by atoms with Crippen molar-refractivity contribution in [3.05, 3.63) is 59.0 Å². The van der Waals surface area contributed by atoms with E-state index in [9.17, 15) is 14.4 Å². The molecule has 0 radical (unpaired) electrons. The van der Waals surface area contributed by atoms with Gasteiger partial charge in [-0.2, -0.15) is 0 Å². The number of benzene rings is 1. The highest BCUT2D eigenvalue weighted by molar-refractivity contribution is 6.30. The zero-order valence-electron chi connectivity index (χ0n) is 17.7. The molecule has 3 aromatic rings. The number of amides is 3. The largest absolute Gasteiger partial charge is 0.378 e. The van der Waals surface area contributed by atoms with Crippen molar-refractivity contribution in [1.82, 2.24) is 20.2 Å².